The molecule has 4 N–H and O–H groups in total. The number of nitrogens with zero attached hydrogens (tertiary/aromatic N) is 3. The number of rotatable bonds is 6. The largest absolute Gasteiger partial charge is 0.368 e. The Hall–Kier alpha value is -1.69. The van der Waals surface area contributed by atoms with Gasteiger partial charge in [-0.05, 0) is 18.9 Å². The molecule has 2 aromatic heterocycles. The molecule has 0 saturated heterocycles. The summed E-state index contributed by atoms with van der Waals surface area (Å²) < 4.78 is 0. The molecular weight excluding hydrogens is 216 g/mol. The van der Waals surface area contributed by atoms with Crippen LogP contribution in [0.2, 0.25) is 0 Å². The molecular formula is C11H18N6. The smallest absolute Gasteiger partial charge is 0.182 e. The molecule has 92 valence electrons. The predicted molar refractivity (Wildman–Crippen MR) is 67.6 cm³/mol. The van der Waals surface area contributed by atoms with Gasteiger partial charge in [0.1, 0.15) is 11.8 Å². The van der Waals surface area contributed by atoms with Crippen molar-refractivity contribution in [3.05, 3.63) is 12.7 Å². The second-order valence-electron chi connectivity index (χ2n) is 4.06. The van der Waals surface area contributed by atoms with Crippen LogP contribution in [0.15, 0.2) is 12.7 Å². The van der Waals surface area contributed by atoms with Crippen LogP contribution in [-0.4, -0.2) is 33.0 Å². The molecule has 0 fully saturated rings. The van der Waals surface area contributed by atoms with E-state index in [0.717, 1.165) is 37.3 Å². The van der Waals surface area contributed by atoms with Gasteiger partial charge in [0, 0.05) is 6.54 Å². The SMILES string of the molecule is CCC(CCN)CNc1ncnc2nc[nH]c12. The van der Waals surface area contributed by atoms with Crippen molar-refractivity contribution >= 4 is 17.0 Å². The van der Waals surface area contributed by atoms with Gasteiger partial charge in [0.15, 0.2) is 11.5 Å². The normalized spacial score (nSPS) is 12.8. The third-order valence-electron chi connectivity index (χ3n) is 2.93. The van der Waals surface area contributed by atoms with Gasteiger partial charge in [0.25, 0.3) is 0 Å². The minimum Gasteiger partial charge on any atom is -0.368 e. The highest BCUT2D eigenvalue weighted by Gasteiger charge is 2.08. The third kappa shape index (κ3) is 2.71. The lowest BCUT2D eigenvalue weighted by Crippen LogP contribution is -2.18. The molecule has 0 aliphatic heterocycles. The van der Waals surface area contributed by atoms with Crippen LogP contribution in [0.1, 0.15) is 19.8 Å². The monoisotopic (exact) mass is 234 g/mol. The predicted octanol–water partition coefficient (Wildman–Crippen LogP) is 1.14. The first-order valence-electron chi connectivity index (χ1n) is 5.93. The van der Waals surface area contributed by atoms with Gasteiger partial charge < -0.3 is 16.0 Å². The van der Waals surface area contributed by atoms with Gasteiger partial charge in [-0.15, -0.1) is 0 Å². The standard InChI is InChI=1S/C11H18N6/c1-2-8(3-4-12)5-13-10-9-11(15-6-14-9)17-7-16-10/h6-8H,2-5,12H2,1H3,(H2,13,14,15,16,17). The molecule has 0 aliphatic rings. The molecule has 1 atom stereocenters. The highest BCUT2D eigenvalue weighted by atomic mass is 15.1. The van der Waals surface area contributed by atoms with Crippen molar-refractivity contribution in [3.63, 3.8) is 0 Å². The average Bonchev–Trinajstić information content (AvgIpc) is 2.83. The van der Waals surface area contributed by atoms with Gasteiger partial charge in [0.05, 0.1) is 6.33 Å². The zero-order valence-electron chi connectivity index (χ0n) is 9.98. The van der Waals surface area contributed by atoms with Gasteiger partial charge in [-0.2, -0.15) is 0 Å². The van der Waals surface area contributed by atoms with E-state index in [0.29, 0.717) is 11.6 Å². The zero-order valence-corrected chi connectivity index (χ0v) is 9.98. The molecule has 6 nitrogen and oxygen atoms in total. The Morgan fingerprint density at radius 3 is 3.06 bits per heavy atom. The second-order valence-corrected chi connectivity index (χ2v) is 4.06. The third-order valence-corrected chi connectivity index (χ3v) is 2.93. The molecule has 2 heterocycles. The zero-order chi connectivity index (χ0) is 12.1. The fourth-order valence-electron chi connectivity index (χ4n) is 1.83. The summed E-state index contributed by atoms with van der Waals surface area (Å²) in [4.78, 5) is 15.4. The van der Waals surface area contributed by atoms with Crippen molar-refractivity contribution in [2.24, 2.45) is 11.7 Å². The maximum atomic E-state index is 5.58. The highest BCUT2D eigenvalue weighted by molar-refractivity contribution is 5.81. The molecule has 1 unspecified atom stereocenters. The Balaban J connectivity index is 2.05. The maximum Gasteiger partial charge on any atom is 0.182 e. The summed E-state index contributed by atoms with van der Waals surface area (Å²) in [5.41, 5.74) is 7.12. The van der Waals surface area contributed by atoms with Crippen LogP contribution in [0.25, 0.3) is 11.2 Å². The summed E-state index contributed by atoms with van der Waals surface area (Å²) in [6, 6.07) is 0. The van der Waals surface area contributed by atoms with Crippen molar-refractivity contribution in [1.29, 1.82) is 0 Å². The van der Waals surface area contributed by atoms with Crippen LogP contribution in [0.4, 0.5) is 5.82 Å². The number of nitrogens with one attached hydrogen (secondary N) is 2. The van der Waals surface area contributed by atoms with E-state index in [1.807, 2.05) is 0 Å². The Morgan fingerprint density at radius 1 is 1.41 bits per heavy atom. The molecule has 0 aliphatic carbocycles. The molecule has 0 radical (unpaired) electrons. The molecule has 17 heavy (non-hydrogen) atoms. The maximum absolute atomic E-state index is 5.58. The summed E-state index contributed by atoms with van der Waals surface area (Å²) in [5, 5.41) is 3.33. The van der Waals surface area contributed by atoms with E-state index in [-0.39, 0.29) is 0 Å². The first-order chi connectivity index (χ1) is 8.35. The van der Waals surface area contributed by atoms with Crippen LogP contribution in [-0.2, 0) is 0 Å². The number of fused-ring (bicyclic) bond motifs is 1. The number of imidazole rings is 1. The number of anilines is 1. The van der Waals surface area contributed by atoms with E-state index in [9.17, 15) is 0 Å². The van der Waals surface area contributed by atoms with E-state index in [2.05, 4.69) is 32.2 Å². The Kier molecular flexibility index (Phi) is 3.87. The van der Waals surface area contributed by atoms with E-state index >= 15 is 0 Å². The lowest BCUT2D eigenvalue weighted by atomic mass is 10.0. The number of hydrogen-bond acceptors (Lipinski definition) is 5. The van der Waals surface area contributed by atoms with Gasteiger partial charge in [-0.1, -0.05) is 13.3 Å². The Bertz CT molecular complexity index is 466. The average molecular weight is 234 g/mol. The molecule has 2 aromatic rings. The van der Waals surface area contributed by atoms with Crippen molar-refractivity contribution in [3.8, 4) is 0 Å². The van der Waals surface area contributed by atoms with Crippen LogP contribution in [0, 0.1) is 5.92 Å². The summed E-state index contributed by atoms with van der Waals surface area (Å²) >= 11 is 0. The molecule has 6 heteroatoms. The van der Waals surface area contributed by atoms with E-state index < -0.39 is 0 Å². The van der Waals surface area contributed by atoms with Crippen molar-refractivity contribution < 1.29 is 0 Å². The summed E-state index contributed by atoms with van der Waals surface area (Å²) in [6.45, 7) is 3.77. The number of aromatic nitrogens is 4. The van der Waals surface area contributed by atoms with Crippen LogP contribution in [0.5, 0.6) is 0 Å². The van der Waals surface area contributed by atoms with Gasteiger partial charge in [0.2, 0.25) is 0 Å². The lowest BCUT2D eigenvalue weighted by Gasteiger charge is -2.14. The fourth-order valence-corrected chi connectivity index (χ4v) is 1.83. The van der Waals surface area contributed by atoms with Crippen LogP contribution < -0.4 is 11.1 Å². The van der Waals surface area contributed by atoms with Crippen molar-refractivity contribution in [1.82, 2.24) is 19.9 Å². The first-order valence-corrected chi connectivity index (χ1v) is 5.93. The summed E-state index contributed by atoms with van der Waals surface area (Å²) in [6.07, 6.45) is 5.29. The number of hydrogen-bond donors (Lipinski definition) is 3. The summed E-state index contributed by atoms with van der Waals surface area (Å²) in [5.74, 6) is 1.39. The van der Waals surface area contributed by atoms with Crippen molar-refractivity contribution in [2.45, 2.75) is 19.8 Å². The highest BCUT2D eigenvalue weighted by Crippen LogP contribution is 2.16. The molecule has 2 rings (SSSR count). The number of nitrogens with two attached hydrogens (primary N) is 1. The van der Waals surface area contributed by atoms with Crippen LogP contribution in [0.3, 0.4) is 0 Å². The quantitative estimate of drug-likeness (QED) is 0.697. The fraction of sp³-hybridized carbons (Fsp3) is 0.545. The topological polar surface area (TPSA) is 92.5 Å². The number of aromatic amines is 1. The minimum absolute atomic E-state index is 0.577. The van der Waals surface area contributed by atoms with Crippen LogP contribution >= 0.6 is 0 Å². The number of H-pyrrole nitrogens is 1. The van der Waals surface area contributed by atoms with Gasteiger partial charge in [-0.25, -0.2) is 15.0 Å². The first kappa shape index (κ1) is 11.8. The van der Waals surface area contributed by atoms with E-state index in [1.54, 1.807) is 6.33 Å². The van der Waals surface area contributed by atoms with E-state index in [1.165, 1.54) is 6.33 Å². The second kappa shape index (κ2) is 5.58. The molecule has 0 spiro atoms. The Labute approximate surface area is 100 Å². The van der Waals surface area contributed by atoms with Gasteiger partial charge in [-0.3, -0.25) is 0 Å². The lowest BCUT2D eigenvalue weighted by molar-refractivity contribution is 0.501. The molecule has 0 amide bonds. The molecule has 0 saturated carbocycles. The van der Waals surface area contributed by atoms with Crippen molar-refractivity contribution in [2.75, 3.05) is 18.4 Å². The van der Waals surface area contributed by atoms with E-state index in [4.69, 9.17) is 5.73 Å². The molecule has 0 bridgehead atoms. The Morgan fingerprint density at radius 2 is 2.29 bits per heavy atom. The minimum atomic E-state index is 0.577. The molecule has 0 aromatic carbocycles. The van der Waals surface area contributed by atoms with Gasteiger partial charge >= 0.3 is 0 Å². The summed E-state index contributed by atoms with van der Waals surface area (Å²) in [7, 11) is 0.